The molecule has 1 fully saturated rings. The van der Waals surface area contributed by atoms with Crippen molar-refractivity contribution in [3.8, 4) is 0 Å². The largest absolute Gasteiger partial charge is 0.379 e. The predicted octanol–water partition coefficient (Wildman–Crippen LogP) is 1.92. The zero-order chi connectivity index (χ0) is 25.9. The van der Waals surface area contributed by atoms with E-state index in [2.05, 4.69) is 5.32 Å². The van der Waals surface area contributed by atoms with Crippen molar-refractivity contribution in [1.82, 2.24) is 13.8 Å². The number of aromatic nitrogens is 1. The lowest BCUT2D eigenvalue weighted by molar-refractivity contribution is 0.0642. The molecule has 0 bridgehead atoms. The van der Waals surface area contributed by atoms with Crippen LogP contribution in [0.1, 0.15) is 48.4 Å². The van der Waals surface area contributed by atoms with Crippen LogP contribution in [-0.2, 0) is 21.8 Å². The standard InChI is InChI=1S/C24H32N4O6S/c1-16(2)28(17(3)4)23(30)19-14-21(24(31)26(5)15-19)25-22(29)18-6-8-20(9-7-18)35(32,33)27-10-12-34-13-11-27/h6-9,14-17H,10-13H2,1-5H3,(H,25,29). The maximum Gasteiger partial charge on any atom is 0.274 e. The molecule has 0 aliphatic carbocycles. The topological polar surface area (TPSA) is 118 Å². The summed E-state index contributed by atoms with van der Waals surface area (Å²) in [7, 11) is -2.18. The van der Waals surface area contributed by atoms with Gasteiger partial charge in [-0.1, -0.05) is 0 Å². The van der Waals surface area contributed by atoms with Crippen molar-refractivity contribution in [2.45, 2.75) is 44.7 Å². The van der Waals surface area contributed by atoms with Gasteiger partial charge in [-0.3, -0.25) is 14.4 Å². The molecule has 11 heteroatoms. The number of ether oxygens (including phenoxy) is 1. The maximum absolute atomic E-state index is 13.1. The van der Waals surface area contributed by atoms with Crippen molar-refractivity contribution in [2.24, 2.45) is 7.05 Å². The summed E-state index contributed by atoms with van der Waals surface area (Å²) in [6, 6.07) is 6.78. The molecule has 0 radical (unpaired) electrons. The molecule has 1 aromatic heterocycles. The number of carbonyl (C=O) groups excluding carboxylic acids is 2. The number of anilines is 1. The third kappa shape index (κ3) is 5.80. The quantitative estimate of drug-likeness (QED) is 0.616. The van der Waals surface area contributed by atoms with E-state index in [0.29, 0.717) is 13.2 Å². The molecule has 0 unspecified atom stereocenters. The first-order valence-electron chi connectivity index (χ1n) is 11.5. The number of carbonyl (C=O) groups is 2. The van der Waals surface area contributed by atoms with Crippen molar-refractivity contribution in [2.75, 3.05) is 31.6 Å². The Morgan fingerprint density at radius 1 is 1.00 bits per heavy atom. The highest BCUT2D eigenvalue weighted by atomic mass is 32.2. The van der Waals surface area contributed by atoms with E-state index in [9.17, 15) is 22.8 Å². The van der Waals surface area contributed by atoms with Gasteiger partial charge in [0.05, 0.1) is 23.7 Å². The lowest BCUT2D eigenvalue weighted by Gasteiger charge is -2.31. The molecule has 0 atom stereocenters. The number of hydrogen-bond donors (Lipinski definition) is 1. The molecule has 3 rings (SSSR count). The summed E-state index contributed by atoms with van der Waals surface area (Å²) >= 11 is 0. The highest BCUT2D eigenvalue weighted by Crippen LogP contribution is 2.19. The first-order valence-corrected chi connectivity index (χ1v) is 12.9. The number of sulfonamides is 1. The summed E-state index contributed by atoms with van der Waals surface area (Å²) in [5.41, 5.74) is -0.0599. The van der Waals surface area contributed by atoms with Gasteiger partial charge in [-0.05, 0) is 58.0 Å². The van der Waals surface area contributed by atoms with Crippen LogP contribution in [0.4, 0.5) is 5.69 Å². The van der Waals surface area contributed by atoms with E-state index in [0.717, 1.165) is 0 Å². The highest BCUT2D eigenvalue weighted by Gasteiger charge is 2.27. The first kappa shape index (κ1) is 26.6. The van der Waals surface area contributed by atoms with Crippen LogP contribution in [0, 0.1) is 0 Å². The second-order valence-corrected chi connectivity index (χ2v) is 10.9. The van der Waals surface area contributed by atoms with Crippen LogP contribution in [0.2, 0.25) is 0 Å². The van der Waals surface area contributed by atoms with Gasteiger partial charge in [0.15, 0.2) is 0 Å². The average Bonchev–Trinajstić information content (AvgIpc) is 2.82. The van der Waals surface area contributed by atoms with Crippen LogP contribution in [0.3, 0.4) is 0 Å². The molecule has 10 nitrogen and oxygen atoms in total. The Balaban J connectivity index is 1.83. The minimum atomic E-state index is -3.69. The van der Waals surface area contributed by atoms with E-state index in [1.807, 2.05) is 27.7 Å². The molecular weight excluding hydrogens is 472 g/mol. The predicted molar refractivity (Wildman–Crippen MR) is 132 cm³/mol. The Kier molecular flexibility index (Phi) is 8.14. The molecule has 1 N–H and O–H groups in total. The summed E-state index contributed by atoms with van der Waals surface area (Å²) in [5, 5.41) is 2.56. The highest BCUT2D eigenvalue weighted by molar-refractivity contribution is 7.89. The number of amides is 2. The molecular formula is C24H32N4O6S. The van der Waals surface area contributed by atoms with E-state index in [-0.39, 0.29) is 52.8 Å². The van der Waals surface area contributed by atoms with Crippen LogP contribution in [0.5, 0.6) is 0 Å². The number of benzene rings is 1. The summed E-state index contributed by atoms with van der Waals surface area (Å²) in [6.07, 6.45) is 1.45. The summed E-state index contributed by atoms with van der Waals surface area (Å²) < 4.78 is 33.4. The molecule has 2 heterocycles. The molecule has 1 saturated heterocycles. The number of aryl methyl sites for hydroxylation is 1. The molecule has 2 aromatic rings. The Morgan fingerprint density at radius 2 is 1.57 bits per heavy atom. The zero-order valence-electron chi connectivity index (χ0n) is 20.6. The number of nitrogens with one attached hydrogen (secondary N) is 1. The Hall–Kier alpha value is -3.02. The van der Waals surface area contributed by atoms with Crippen molar-refractivity contribution >= 4 is 27.5 Å². The molecule has 2 amide bonds. The summed E-state index contributed by atoms with van der Waals surface area (Å²) in [6.45, 7) is 8.85. The molecule has 1 aromatic carbocycles. The van der Waals surface area contributed by atoms with Crippen molar-refractivity contribution < 1.29 is 22.7 Å². The molecule has 35 heavy (non-hydrogen) atoms. The number of hydrogen-bond acceptors (Lipinski definition) is 6. The maximum atomic E-state index is 13.1. The molecule has 1 aliphatic heterocycles. The van der Waals surface area contributed by atoms with Crippen LogP contribution < -0.4 is 10.9 Å². The zero-order valence-corrected chi connectivity index (χ0v) is 21.5. The Morgan fingerprint density at radius 3 is 2.11 bits per heavy atom. The number of nitrogens with zero attached hydrogens (tertiary/aromatic N) is 3. The lowest BCUT2D eigenvalue weighted by atomic mass is 10.1. The fourth-order valence-electron chi connectivity index (χ4n) is 4.04. The molecule has 1 aliphatic rings. The molecule has 0 spiro atoms. The van der Waals surface area contributed by atoms with Crippen LogP contribution in [0.25, 0.3) is 0 Å². The monoisotopic (exact) mass is 504 g/mol. The second-order valence-electron chi connectivity index (χ2n) is 8.95. The lowest BCUT2D eigenvalue weighted by Crippen LogP contribution is -2.42. The number of pyridine rings is 1. The van der Waals surface area contributed by atoms with Gasteiger partial charge in [0.25, 0.3) is 17.4 Å². The second kappa shape index (κ2) is 10.7. The molecule has 0 saturated carbocycles. The van der Waals surface area contributed by atoms with Crippen molar-refractivity contribution in [3.63, 3.8) is 0 Å². The minimum absolute atomic E-state index is 0.0409. The molecule has 190 valence electrons. The van der Waals surface area contributed by atoms with Crippen LogP contribution >= 0.6 is 0 Å². The first-order chi connectivity index (χ1) is 16.4. The van der Waals surface area contributed by atoms with Gasteiger partial charge in [0.1, 0.15) is 5.69 Å². The average molecular weight is 505 g/mol. The number of morpholine rings is 1. The Labute approximate surface area is 205 Å². The smallest absolute Gasteiger partial charge is 0.274 e. The van der Waals surface area contributed by atoms with Crippen LogP contribution in [0.15, 0.2) is 46.2 Å². The third-order valence-corrected chi connectivity index (χ3v) is 7.66. The van der Waals surface area contributed by atoms with Gasteiger partial charge >= 0.3 is 0 Å². The van der Waals surface area contributed by atoms with E-state index >= 15 is 0 Å². The Bertz CT molecular complexity index is 1240. The van der Waals surface area contributed by atoms with Gasteiger partial charge in [-0.25, -0.2) is 8.42 Å². The summed E-state index contributed by atoms with van der Waals surface area (Å²) in [5.74, 6) is -0.842. The fourth-order valence-corrected chi connectivity index (χ4v) is 5.45. The van der Waals surface area contributed by atoms with Gasteiger partial charge in [-0.15, -0.1) is 0 Å². The van der Waals surface area contributed by atoms with Gasteiger partial charge < -0.3 is 19.5 Å². The van der Waals surface area contributed by atoms with Gasteiger partial charge in [0.2, 0.25) is 10.0 Å². The normalized spacial score (nSPS) is 14.8. The van der Waals surface area contributed by atoms with E-state index < -0.39 is 21.5 Å². The van der Waals surface area contributed by atoms with Crippen LogP contribution in [-0.4, -0.2) is 72.4 Å². The summed E-state index contributed by atoms with van der Waals surface area (Å²) in [4.78, 5) is 40.3. The minimum Gasteiger partial charge on any atom is -0.379 e. The van der Waals surface area contributed by atoms with Gasteiger partial charge in [-0.2, -0.15) is 4.31 Å². The fraction of sp³-hybridized carbons (Fsp3) is 0.458. The van der Waals surface area contributed by atoms with Crippen molar-refractivity contribution in [1.29, 1.82) is 0 Å². The van der Waals surface area contributed by atoms with E-state index in [4.69, 9.17) is 4.74 Å². The third-order valence-electron chi connectivity index (χ3n) is 5.75. The van der Waals surface area contributed by atoms with E-state index in [1.165, 1.54) is 52.4 Å². The SMILES string of the molecule is CC(C)N(C(=O)c1cc(NC(=O)c2ccc(S(=O)(=O)N3CCOCC3)cc2)c(=O)n(C)c1)C(C)C. The van der Waals surface area contributed by atoms with Crippen molar-refractivity contribution in [3.05, 3.63) is 58.0 Å². The van der Waals surface area contributed by atoms with Gasteiger partial charge in [0, 0.05) is 44.0 Å². The van der Waals surface area contributed by atoms with E-state index in [1.54, 1.807) is 4.90 Å². The number of rotatable bonds is 7.